The molecule has 7 N–H and O–H groups in total. The van der Waals surface area contributed by atoms with Crippen LogP contribution in [0.25, 0.3) is 26.3 Å². The number of nitro groups is 1. The second-order valence-corrected chi connectivity index (χ2v) is 2.55. The van der Waals surface area contributed by atoms with Crippen LogP contribution in [0.4, 0.5) is 17.8 Å². The van der Waals surface area contributed by atoms with Crippen molar-refractivity contribution in [1.29, 1.82) is 0 Å². The van der Waals surface area contributed by atoms with E-state index in [-0.39, 0.29) is 5.96 Å². The highest BCUT2D eigenvalue weighted by molar-refractivity contribution is 5.68. The monoisotopic (exact) mass is 297 g/mol. The first-order chi connectivity index (χ1) is 9.92. The van der Waals surface area contributed by atoms with Crippen LogP contribution in [-0.2, 0) is 0 Å². The van der Waals surface area contributed by atoms with Gasteiger partial charge >= 0.3 is 5.96 Å². The molecule has 0 aromatic carbocycles. The summed E-state index contributed by atoms with van der Waals surface area (Å²) in [4.78, 5) is 24.7. The lowest BCUT2D eigenvalue weighted by Gasteiger charge is -2.05. The number of hydrazone groups is 1. The SMILES string of the molecule is N[NH+]=C(N)N.[N-]=[N+]=Nc1nc(N=[N+]=[N-])nc([N-][N+](=O)[O-])n1. The number of nitrogens with zero attached hydrogens (tertiary/aromatic N) is 11. The van der Waals surface area contributed by atoms with Crippen molar-refractivity contribution >= 4 is 23.8 Å². The average molecular weight is 297 g/mol. The molecule has 0 saturated heterocycles. The molecule has 17 heteroatoms. The lowest BCUT2D eigenvalue weighted by molar-refractivity contribution is -0.471. The van der Waals surface area contributed by atoms with E-state index in [1.807, 2.05) is 5.10 Å². The van der Waals surface area contributed by atoms with Crippen LogP contribution in [0.1, 0.15) is 0 Å². The van der Waals surface area contributed by atoms with Crippen LogP contribution in [0.5, 0.6) is 0 Å². The third-order valence-electron chi connectivity index (χ3n) is 1.21. The van der Waals surface area contributed by atoms with E-state index in [0.29, 0.717) is 0 Å². The predicted octanol–water partition coefficient (Wildman–Crippen LogP) is -1.83. The summed E-state index contributed by atoms with van der Waals surface area (Å²) < 4.78 is 0. The van der Waals surface area contributed by atoms with Gasteiger partial charge in [-0.1, -0.05) is 5.43 Å². The van der Waals surface area contributed by atoms with Gasteiger partial charge in [-0.2, -0.15) is 5.10 Å². The molecule has 0 spiro atoms. The minimum Gasteiger partial charge on any atom is -0.335 e. The topological polar surface area (TPSA) is 285 Å². The number of hydrogen-bond acceptors (Lipinski definition) is 8. The molecule has 110 valence electrons. The number of guanidine groups is 1. The molecule has 0 aliphatic heterocycles. The minimum atomic E-state index is -1.06. The van der Waals surface area contributed by atoms with Crippen molar-refractivity contribution in [2.45, 2.75) is 0 Å². The van der Waals surface area contributed by atoms with Crippen molar-refractivity contribution in [2.75, 3.05) is 0 Å². The smallest absolute Gasteiger partial charge is 0.335 e. The van der Waals surface area contributed by atoms with Gasteiger partial charge < -0.3 is 9.97 Å². The summed E-state index contributed by atoms with van der Waals surface area (Å²) in [6.45, 7) is 0. The Balaban J connectivity index is 0.000000690. The van der Waals surface area contributed by atoms with E-state index >= 15 is 0 Å². The molecule has 1 rings (SSSR count). The van der Waals surface area contributed by atoms with Gasteiger partial charge in [-0.15, -0.1) is 0 Å². The summed E-state index contributed by atoms with van der Waals surface area (Å²) >= 11 is 0. The first kappa shape index (κ1) is 16.9. The lowest BCUT2D eigenvalue weighted by Crippen LogP contribution is -2.84. The van der Waals surface area contributed by atoms with Gasteiger partial charge in [0.1, 0.15) is 22.9 Å². The molecule has 0 bridgehead atoms. The Kier molecular flexibility index (Phi) is 7.17. The van der Waals surface area contributed by atoms with E-state index in [1.165, 1.54) is 0 Å². The zero-order valence-electron chi connectivity index (χ0n) is 9.97. The molecular weight excluding hydrogens is 290 g/mol. The van der Waals surface area contributed by atoms with Gasteiger partial charge in [0.05, 0.1) is 0 Å². The van der Waals surface area contributed by atoms with Crippen molar-refractivity contribution in [1.82, 2.24) is 15.0 Å². The molecule has 0 saturated carbocycles. The summed E-state index contributed by atoms with van der Waals surface area (Å²) in [5.74, 6) is 3.06. The average Bonchev–Trinajstić information content (AvgIpc) is 2.39. The predicted molar refractivity (Wildman–Crippen MR) is 66.0 cm³/mol. The number of nitrogens with two attached hydrogens (primary N) is 3. The quantitative estimate of drug-likeness (QED) is 0.0713. The maximum Gasteiger partial charge on any atom is 0.360 e. The van der Waals surface area contributed by atoms with Crippen LogP contribution < -0.4 is 22.4 Å². The summed E-state index contributed by atoms with van der Waals surface area (Å²) in [5, 5.41) is 16.9. The van der Waals surface area contributed by atoms with E-state index in [9.17, 15) is 10.1 Å². The van der Waals surface area contributed by atoms with Gasteiger partial charge in [0, 0.05) is 9.82 Å². The first-order valence-corrected chi connectivity index (χ1v) is 4.49. The Bertz CT molecular complexity index is 582. The minimum absolute atomic E-state index is 0.0324. The normalized spacial score (nSPS) is 8.00. The van der Waals surface area contributed by atoms with Crippen LogP contribution in [0.2, 0.25) is 0 Å². The number of hydrazine groups is 1. The molecule has 0 radical (unpaired) electrons. The zero-order chi connectivity index (χ0) is 16.3. The van der Waals surface area contributed by atoms with E-state index in [0.717, 1.165) is 0 Å². The largest absolute Gasteiger partial charge is 0.360 e. The third kappa shape index (κ3) is 7.76. The molecule has 1 aromatic heterocycles. The van der Waals surface area contributed by atoms with E-state index in [4.69, 9.17) is 22.5 Å². The molecule has 1 heterocycles. The number of rotatable bonds is 4. The van der Waals surface area contributed by atoms with Gasteiger partial charge in [0.25, 0.3) is 0 Å². The maximum absolute atomic E-state index is 10.0. The maximum atomic E-state index is 10.0. The summed E-state index contributed by atoms with van der Waals surface area (Å²) in [6, 6.07) is 0. The van der Waals surface area contributed by atoms with Crippen LogP contribution in [0.3, 0.4) is 0 Å². The van der Waals surface area contributed by atoms with Crippen LogP contribution in [-0.4, -0.2) is 25.9 Å². The Hall–Kier alpha value is -4.10. The number of nitrogens with one attached hydrogen (secondary N) is 1. The van der Waals surface area contributed by atoms with Crippen molar-refractivity contribution < 1.29 is 10.1 Å². The summed E-state index contributed by atoms with van der Waals surface area (Å²) in [6.07, 6.45) is 0. The number of aromatic nitrogens is 3. The standard InChI is InChI=1S/C3N11O2.CH6N4/c4-12-9-1-6-2(10-13-5)8-3(7-1)11-14(15)16;2-1(3)5-4/h;4H2,(H4,2,3,5)/q-1;/p+1. The molecule has 0 fully saturated rings. The van der Waals surface area contributed by atoms with Crippen molar-refractivity contribution in [3.05, 3.63) is 36.4 Å². The Morgan fingerprint density at radius 3 is 1.95 bits per heavy atom. The fourth-order valence-corrected chi connectivity index (χ4v) is 0.631. The summed E-state index contributed by atoms with van der Waals surface area (Å²) in [7, 11) is 0. The molecule has 17 nitrogen and oxygen atoms in total. The highest BCUT2D eigenvalue weighted by Crippen LogP contribution is 2.19. The van der Waals surface area contributed by atoms with Gasteiger partial charge in [0.15, 0.2) is 0 Å². The molecule has 1 aromatic rings. The molecule has 0 amide bonds. The fraction of sp³-hybridized carbons (Fsp3) is 0. The van der Waals surface area contributed by atoms with Gasteiger partial charge in [-0.3, -0.25) is 17.3 Å². The van der Waals surface area contributed by atoms with Gasteiger partial charge in [-0.25, -0.2) is 15.1 Å². The van der Waals surface area contributed by atoms with Crippen LogP contribution in [0, 0.1) is 10.1 Å². The first-order valence-electron chi connectivity index (χ1n) is 4.49. The van der Waals surface area contributed by atoms with Crippen molar-refractivity contribution in [3.63, 3.8) is 0 Å². The molecule has 0 unspecified atom stereocenters. The second-order valence-electron chi connectivity index (χ2n) is 2.55. The molecule has 0 aliphatic carbocycles. The molecule has 0 aliphatic rings. The third-order valence-corrected chi connectivity index (χ3v) is 1.21. The highest BCUT2D eigenvalue weighted by Gasteiger charge is 1.99. The van der Waals surface area contributed by atoms with Crippen LogP contribution >= 0.6 is 0 Å². The number of hydrogen-bond donors (Lipinski definition) is 4. The summed E-state index contributed by atoms with van der Waals surface area (Å²) in [5.41, 5.74) is 28.4. The van der Waals surface area contributed by atoms with Crippen molar-refractivity contribution in [3.8, 4) is 0 Å². The molecule has 21 heavy (non-hydrogen) atoms. The van der Waals surface area contributed by atoms with E-state index < -0.39 is 22.9 Å². The Morgan fingerprint density at radius 1 is 1.24 bits per heavy atom. The van der Waals surface area contributed by atoms with Gasteiger partial charge in [0.2, 0.25) is 0 Å². The Morgan fingerprint density at radius 2 is 1.67 bits per heavy atom. The second kappa shape index (κ2) is 8.91. The lowest BCUT2D eigenvalue weighted by atomic mass is 10.8. The van der Waals surface area contributed by atoms with Crippen molar-refractivity contribution in [2.24, 2.45) is 27.5 Å². The van der Waals surface area contributed by atoms with Crippen LogP contribution in [0.15, 0.2) is 10.2 Å². The zero-order valence-corrected chi connectivity index (χ0v) is 9.97. The molecular formula is C4H7N15O2. The van der Waals surface area contributed by atoms with Gasteiger partial charge in [-0.05, 0) is 21.3 Å². The van der Waals surface area contributed by atoms with E-state index in [2.05, 4.69) is 46.3 Å². The Labute approximate surface area is 114 Å². The fourth-order valence-electron chi connectivity index (χ4n) is 0.631. The highest BCUT2D eigenvalue weighted by atomic mass is 16.7. The van der Waals surface area contributed by atoms with E-state index in [1.54, 1.807) is 0 Å². The molecule has 0 atom stereocenters. The number of azide groups is 2.